The smallest absolute Gasteiger partial charge is 0.323 e. The molecule has 2 N–H and O–H groups in total. The van der Waals surface area contributed by atoms with Crippen molar-refractivity contribution >= 4 is 11.9 Å². The van der Waals surface area contributed by atoms with Gasteiger partial charge in [-0.3, -0.25) is 9.59 Å². The van der Waals surface area contributed by atoms with Crippen LogP contribution in [0, 0.1) is 0 Å². The summed E-state index contributed by atoms with van der Waals surface area (Å²) < 4.78 is 0. The topological polar surface area (TPSA) is 72.9 Å². The van der Waals surface area contributed by atoms with Crippen molar-refractivity contribution in [1.82, 2.24) is 15.3 Å². The van der Waals surface area contributed by atoms with Crippen LogP contribution in [0.1, 0.15) is 6.42 Å². The van der Waals surface area contributed by atoms with Crippen molar-refractivity contribution in [2.75, 3.05) is 13.1 Å². The number of rotatable bonds is 2. The Morgan fingerprint density at radius 3 is 3.14 bits per heavy atom. The zero-order chi connectivity index (χ0) is 10.1. The van der Waals surface area contributed by atoms with Crippen molar-refractivity contribution in [3.05, 3.63) is 12.4 Å². The fraction of sp³-hybridized carbons (Fsp3) is 0.500. The van der Waals surface area contributed by atoms with Crippen LogP contribution in [0.3, 0.4) is 0 Å². The summed E-state index contributed by atoms with van der Waals surface area (Å²) in [4.78, 5) is 23.4. The molecule has 1 amide bonds. The van der Waals surface area contributed by atoms with Crippen molar-refractivity contribution in [3.63, 3.8) is 0 Å². The number of carbonyl (C=O) groups is 2. The maximum Gasteiger partial charge on any atom is 0.323 e. The summed E-state index contributed by atoms with van der Waals surface area (Å²) in [7, 11) is 0. The van der Waals surface area contributed by atoms with Crippen LogP contribution in [0.5, 0.6) is 0 Å². The highest BCUT2D eigenvalue weighted by molar-refractivity contribution is 5.87. The summed E-state index contributed by atoms with van der Waals surface area (Å²) in [5.41, 5.74) is 3.01. The van der Waals surface area contributed by atoms with Gasteiger partial charge in [-0.2, -0.15) is 0 Å². The molecule has 0 aliphatic carbocycles. The quantitative estimate of drug-likeness (QED) is 0.591. The molecule has 2 heterocycles. The van der Waals surface area contributed by atoms with Crippen molar-refractivity contribution in [3.8, 4) is 0 Å². The molecule has 2 aliphatic heterocycles. The number of carboxylic acid groups (broad SMARTS) is 1. The monoisotopic (exact) mass is 197 g/mol. The Morgan fingerprint density at radius 2 is 2.43 bits per heavy atom. The van der Waals surface area contributed by atoms with Crippen LogP contribution in [0.2, 0.25) is 0 Å². The molecule has 0 aromatic carbocycles. The highest BCUT2D eigenvalue weighted by Gasteiger charge is 2.35. The number of hydrazine groups is 1. The third-order valence-electron chi connectivity index (χ3n) is 2.33. The van der Waals surface area contributed by atoms with Crippen LogP contribution < -0.4 is 5.43 Å². The SMILES string of the molecule is O=C(O)CN1C=CN2NCCC2C1=O. The molecule has 6 heteroatoms. The standard InChI is InChI=1S/C8H11N3O3/c12-7(13)5-10-3-4-11-6(8(10)14)1-2-9-11/h3-4,6,9H,1-2,5H2,(H,12,13). The summed E-state index contributed by atoms with van der Waals surface area (Å²) in [5.74, 6) is -1.15. The fourth-order valence-electron chi connectivity index (χ4n) is 1.67. The minimum atomic E-state index is -0.998. The Hall–Kier alpha value is -1.56. The van der Waals surface area contributed by atoms with Crippen molar-refractivity contribution in [1.29, 1.82) is 0 Å². The Labute approximate surface area is 80.7 Å². The highest BCUT2D eigenvalue weighted by atomic mass is 16.4. The zero-order valence-corrected chi connectivity index (χ0v) is 7.51. The Balaban J connectivity index is 2.11. The lowest BCUT2D eigenvalue weighted by Crippen LogP contribution is -2.49. The van der Waals surface area contributed by atoms with Crippen LogP contribution in [0.4, 0.5) is 0 Å². The predicted molar refractivity (Wildman–Crippen MR) is 46.7 cm³/mol. The number of aliphatic carboxylic acids is 1. The molecule has 0 radical (unpaired) electrons. The van der Waals surface area contributed by atoms with E-state index in [-0.39, 0.29) is 18.5 Å². The van der Waals surface area contributed by atoms with Crippen molar-refractivity contribution in [2.24, 2.45) is 0 Å². The van der Waals surface area contributed by atoms with Crippen molar-refractivity contribution in [2.45, 2.75) is 12.5 Å². The van der Waals surface area contributed by atoms with Crippen LogP contribution in [-0.4, -0.2) is 46.0 Å². The van der Waals surface area contributed by atoms with E-state index in [9.17, 15) is 9.59 Å². The number of amides is 1. The molecule has 0 bridgehead atoms. The number of hydrogen-bond acceptors (Lipinski definition) is 4. The van der Waals surface area contributed by atoms with Gasteiger partial charge in [-0.25, -0.2) is 5.43 Å². The first kappa shape index (κ1) is 9.01. The number of hydrogen-bond donors (Lipinski definition) is 2. The molecule has 1 fully saturated rings. The second-order valence-electron chi connectivity index (χ2n) is 3.28. The van der Waals surface area contributed by atoms with Gasteiger partial charge in [0.25, 0.3) is 5.91 Å². The molecule has 76 valence electrons. The molecule has 0 spiro atoms. The van der Waals surface area contributed by atoms with E-state index in [4.69, 9.17) is 5.11 Å². The molecular weight excluding hydrogens is 186 g/mol. The summed E-state index contributed by atoms with van der Waals surface area (Å²) in [6, 6.07) is -0.237. The van der Waals surface area contributed by atoms with Crippen LogP contribution in [-0.2, 0) is 9.59 Å². The van der Waals surface area contributed by atoms with E-state index in [1.54, 1.807) is 11.2 Å². The zero-order valence-electron chi connectivity index (χ0n) is 7.51. The number of nitrogens with one attached hydrogen (secondary N) is 1. The van der Waals surface area contributed by atoms with Gasteiger partial charge in [0.1, 0.15) is 12.6 Å². The third kappa shape index (κ3) is 1.44. The summed E-state index contributed by atoms with van der Waals surface area (Å²) >= 11 is 0. The number of fused-ring (bicyclic) bond motifs is 1. The second kappa shape index (κ2) is 3.30. The van der Waals surface area contributed by atoms with Crippen LogP contribution >= 0.6 is 0 Å². The van der Waals surface area contributed by atoms with Gasteiger partial charge in [0.15, 0.2) is 0 Å². The van der Waals surface area contributed by atoms with Gasteiger partial charge in [0, 0.05) is 18.9 Å². The Morgan fingerprint density at radius 1 is 1.64 bits per heavy atom. The molecule has 1 atom stereocenters. The molecule has 14 heavy (non-hydrogen) atoms. The Bertz CT molecular complexity index is 302. The highest BCUT2D eigenvalue weighted by Crippen LogP contribution is 2.17. The lowest BCUT2D eigenvalue weighted by molar-refractivity contribution is -0.145. The van der Waals surface area contributed by atoms with Crippen LogP contribution in [0.15, 0.2) is 12.4 Å². The predicted octanol–water partition coefficient (Wildman–Crippen LogP) is -1.04. The van der Waals surface area contributed by atoms with E-state index >= 15 is 0 Å². The molecule has 2 aliphatic rings. The lowest BCUT2D eigenvalue weighted by atomic mass is 10.2. The number of nitrogens with zero attached hydrogens (tertiary/aromatic N) is 2. The first-order valence-electron chi connectivity index (χ1n) is 4.41. The molecule has 6 nitrogen and oxygen atoms in total. The fourth-order valence-corrected chi connectivity index (χ4v) is 1.67. The van der Waals surface area contributed by atoms with E-state index in [2.05, 4.69) is 5.43 Å². The van der Waals surface area contributed by atoms with E-state index in [0.29, 0.717) is 0 Å². The molecule has 0 aromatic rings. The Kier molecular flexibility index (Phi) is 2.12. The van der Waals surface area contributed by atoms with E-state index in [0.717, 1.165) is 13.0 Å². The molecular formula is C8H11N3O3. The molecule has 1 saturated heterocycles. The first-order chi connectivity index (χ1) is 6.68. The van der Waals surface area contributed by atoms with Gasteiger partial charge >= 0.3 is 5.97 Å². The van der Waals surface area contributed by atoms with E-state index in [1.165, 1.54) is 11.1 Å². The van der Waals surface area contributed by atoms with Gasteiger partial charge in [0.2, 0.25) is 0 Å². The maximum absolute atomic E-state index is 11.7. The van der Waals surface area contributed by atoms with E-state index in [1.807, 2.05) is 0 Å². The second-order valence-corrected chi connectivity index (χ2v) is 3.28. The molecule has 1 unspecified atom stereocenters. The third-order valence-corrected chi connectivity index (χ3v) is 2.33. The first-order valence-corrected chi connectivity index (χ1v) is 4.41. The maximum atomic E-state index is 11.7. The largest absolute Gasteiger partial charge is 0.480 e. The van der Waals surface area contributed by atoms with Gasteiger partial charge in [-0.1, -0.05) is 0 Å². The van der Waals surface area contributed by atoms with Gasteiger partial charge in [-0.15, -0.1) is 0 Å². The van der Waals surface area contributed by atoms with Crippen molar-refractivity contribution < 1.29 is 14.7 Å². The molecule has 0 aromatic heterocycles. The summed E-state index contributed by atoms with van der Waals surface area (Å²) in [6.45, 7) is 0.487. The average molecular weight is 197 g/mol. The normalized spacial score (nSPS) is 25.4. The summed E-state index contributed by atoms with van der Waals surface area (Å²) in [5, 5.41) is 10.3. The average Bonchev–Trinajstić information content (AvgIpc) is 2.57. The minimum Gasteiger partial charge on any atom is -0.480 e. The molecule has 0 saturated carbocycles. The van der Waals surface area contributed by atoms with Gasteiger partial charge in [-0.05, 0) is 6.42 Å². The number of carboxylic acids is 1. The van der Waals surface area contributed by atoms with Crippen LogP contribution in [0.25, 0.3) is 0 Å². The minimum absolute atomic E-state index is 0.153. The lowest BCUT2D eigenvalue weighted by Gasteiger charge is -2.30. The molecule has 2 rings (SSSR count). The summed E-state index contributed by atoms with van der Waals surface area (Å²) in [6.07, 6.45) is 3.91. The number of carbonyl (C=O) groups excluding carboxylic acids is 1. The van der Waals surface area contributed by atoms with E-state index < -0.39 is 5.97 Å². The van der Waals surface area contributed by atoms with Gasteiger partial charge in [0.05, 0.1) is 0 Å². The van der Waals surface area contributed by atoms with Gasteiger partial charge < -0.3 is 15.0 Å².